The van der Waals surface area contributed by atoms with Gasteiger partial charge in [0.1, 0.15) is 29.3 Å². The Labute approximate surface area is 216 Å². The molecule has 2 aromatic heterocycles. The van der Waals surface area contributed by atoms with Crippen LogP contribution in [0.2, 0.25) is 5.28 Å². The molecule has 194 valence electrons. The molecule has 0 radical (unpaired) electrons. The smallest absolute Gasteiger partial charge is 0.491 e. The van der Waals surface area contributed by atoms with Crippen LogP contribution < -0.4 is 9.47 Å². The van der Waals surface area contributed by atoms with Crippen molar-refractivity contribution < 1.29 is 32.7 Å². The van der Waals surface area contributed by atoms with Crippen molar-refractivity contribution in [1.82, 2.24) is 14.5 Å². The van der Waals surface area contributed by atoms with Gasteiger partial charge in [0.15, 0.2) is 0 Å². The number of alkyl halides is 3. The van der Waals surface area contributed by atoms with Gasteiger partial charge in [0.05, 0.1) is 11.8 Å². The Morgan fingerprint density at radius 1 is 1.08 bits per heavy atom. The maximum Gasteiger partial charge on any atom is 0.573 e. The molecule has 1 N–H and O–H groups in total. The number of aryl methyl sites for hydroxylation is 1. The van der Waals surface area contributed by atoms with E-state index in [0.717, 1.165) is 5.56 Å². The van der Waals surface area contributed by atoms with Gasteiger partial charge in [-0.3, -0.25) is 4.57 Å². The number of nitrogens with zero attached hydrogens (tertiary/aromatic N) is 4. The number of rotatable bonds is 10. The molecule has 1 atom stereocenters. The summed E-state index contributed by atoms with van der Waals surface area (Å²) in [7, 11) is 0. The lowest BCUT2D eigenvalue weighted by molar-refractivity contribution is -0.389. The second-order valence-electron chi connectivity index (χ2n) is 7.71. The third kappa shape index (κ3) is 7.18. The molecule has 4 rings (SSSR count). The highest BCUT2D eigenvalue weighted by Crippen LogP contribution is 2.31. The van der Waals surface area contributed by atoms with E-state index < -0.39 is 17.4 Å². The van der Waals surface area contributed by atoms with E-state index in [1.807, 2.05) is 5.38 Å². The summed E-state index contributed by atoms with van der Waals surface area (Å²) in [4.78, 5) is 18.3. The quantitative estimate of drug-likeness (QED) is 0.190. The monoisotopic (exact) mass is 554 g/mol. The van der Waals surface area contributed by atoms with Crippen LogP contribution in [-0.2, 0) is 6.54 Å². The number of aliphatic hydroxyl groups excluding tert-OH is 1. The van der Waals surface area contributed by atoms with Crippen LogP contribution in [0.15, 0.2) is 60.1 Å². The molecule has 0 aliphatic carbocycles. The van der Waals surface area contributed by atoms with Gasteiger partial charge in [-0.05, 0) is 76.5 Å². The zero-order valence-corrected chi connectivity index (χ0v) is 20.3. The first-order chi connectivity index (χ1) is 17.6. The number of hydrogen-bond donors (Lipinski definition) is 1. The molecular formula is C23H18ClF3N4O5S. The molecule has 2 aromatic carbocycles. The molecule has 0 fully saturated rings. The number of aromatic nitrogens is 3. The SMILES string of the molecule is O=[N+]([O-])c1cn(CCC(O)COc2ccc(-c3csc(-c4ccc(OC(F)(F)F)cc4)n3)cc2)c(Cl)n1. The lowest BCUT2D eigenvalue weighted by Crippen LogP contribution is -2.19. The molecule has 14 heteroatoms. The van der Waals surface area contributed by atoms with Crippen LogP contribution in [0, 0.1) is 10.1 Å². The van der Waals surface area contributed by atoms with E-state index in [9.17, 15) is 28.4 Å². The summed E-state index contributed by atoms with van der Waals surface area (Å²) >= 11 is 7.21. The third-order valence-electron chi connectivity index (χ3n) is 5.04. The van der Waals surface area contributed by atoms with E-state index in [1.54, 1.807) is 24.3 Å². The fourth-order valence-corrected chi connectivity index (χ4v) is 4.30. The lowest BCUT2D eigenvalue weighted by Gasteiger charge is -2.12. The number of benzene rings is 2. The summed E-state index contributed by atoms with van der Waals surface area (Å²) in [6.07, 6.45) is -4.14. The molecule has 4 aromatic rings. The largest absolute Gasteiger partial charge is 0.573 e. The van der Waals surface area contributed by atoms with Gasteiger partial charge in [-0.1, -0.05) is 0 Å². The Morgan fingerprint density at radius 2 is 1.73 bits per heavy atom. The summed E-state index contributed by atoms with van der Waals surface area (Å²) in [5.41, 5.74) is 2.16. The lowest BCUT2D eigenvalue weighted by atomic mass is 10.1. The van der Waals surface area contributed by atoms with Gasteiger partial charge < -0.3 is 24.7 Å². The van der Waals surface area contributed by atoms with Gasteiger partial charge in [0.25, 0.3) is 0 Å². The van der Waals surface area contributed by atoms with Gasteiger partial charge in [-0.2, -0.15) is 0 Å². The Bertz CT molecular complexity index is 1360. The second kappa shape index (κ2) is 11.2. The maximum absolute atomic E-state index is 12.3. The maximum atomic E-state index is 12.3. The molecular weight excluding hydrogens is 537 g/mol. The molecule has 0 spiro atoms. The number of nitro groups is 1. The second-order valence-corrected chi connectivity index (χ2v) is 8.90. The van der Waals surface area contributed by atoms with Gasteiger partial charge >= 0.3 is 17.5 Å². The van der Waals surface area contributed by atoms with E-state index >= 15 is 0 Å². The fourth-order valence-electron chi connectivity index (χ4n) is 3.25. The number of hydrogen-bond acceptors (Lipinski definition) is 8. The summed E-state index contributed by atoms with van der Waals surface area (Å²) in [5, 5.41) is 23.4. The minimum absolute atomic E-state index is 0.00263. The minimum Gasteiger partial charge on any atom is -0.491 e. The zero-order valence-electron chi connectivity index (χ0n) is 18.8. The van der Waals surface area contributed by atoms with Crippen molar-refractivity contribution in [2.24, 2.45) is 0 Å². The highest BCUT2D eigenvalue weighted by atomic mass is 35.5. The zero-order chi connectivity index (χ0) is 26.6. The van der Waals surface area contributed by atoms with Gasteiger partial charge in [-0.15, -0.1) is 24.5 Å². The Hall–Kier alpha value is -3.68. The van der Waals surface area contributed by atoms with Crippen molar-refractivity contribution >= 4 is 28.8 Å². The molecule has 0 bridgehead atoms. The van der Waals surface area contributed by atoms with Gasteiger partial charge in [0, 0.05) is 23.1 Å². The van der Waals surface area contributed by atoms with Crippen LogP contribution in [0.3, 0.4) is 0 Å². The average Bonchev–Trinajstić information content (AvgIpc) is 3.48. The summed E-state index contributed by atoms with van der Waals surface area (Å²) < 4.78 is 47.9. The van der Waals surface area contributed by atoms with Gasteiger partial charge in [0.2, 0.25) is 0 Å². The first-order valence-corrected chi connectivity index (χ1v) is 11.9. The number of thiazole rings is 1. The third-order valence-corrected chi connectivity index (χ3v) is 6.23. The first kappa shape index (κ1) is 26.4. The van der Waals surface area contributed by atoms with Crippen molar-refractivity contribution in [1.29, 1.82) is 0 Å². The van der Waals surface area contributed by atoms with E-state index in [1.165, 1.54) is 46.4 Å². The molecule has 2 heterocycles. The molecule has 37 heavy (non-hydrogen) atoms. The summed E-state index contributed by atoms with van der Waals surface area (Å²) in [6.45, 7) is 0.232. The number of aliphatic hydroxyl groups is 1. The van der Waals surface area contributed by atoms with Crippen molar-refractivity contribution in [2.45, 2.75) is 25.4 Å². The standard InChI is InChI=1S/C23H18ClF3N4O5S/c24-22-29-20(31(33)34)11-30(22)10-9-16(32)12-35-17-5-1-14(2-6-17)19-13-37-21(28-19)15-3-7-18(8-4-15)36-23(25,26)27/h1-8,11,13,16,32H,9-10,12H2. The predicted molar refractivity (Wildman–Crippen MR) is 130 cm³/mol. The van der Waals surface area contributed by atoms with Crippen molar-refractivity contribution in [3.8, 4) is 33.3 Å². The highest BCUT2D eigenvalue weighted by Gasteiger charge is 2.31. The molecule has 9 nitrogen and oxygen atoms in total. The molecule has 0 saturated carbocycles. The van der Waals surface area contributed by atoms with Crippen LogP contribution in [0.5, 0.6) is 11.5 Å². The van der Waals surface area contributed by atoms with Crippen LogP contribution in [0.4, 0.5) is 19.0 Å². The van der Waals surface area contributed by atoms with E-state index in [2.05, 4.69) is 14.7 Å². The number of halogens is 4. The number of imidazole rings is 1. The van der Waals surface area contributed by atoms with Crippen molar-refractivity contribution in [3.63, 3.8) is 0 Å². The molecule has 0 saturated heterocycles. The van der Waals surface area contributed by atoms with Crippen LogP contribution in [-0.4, -0.2) is 43.6 Å². The number of ether oxygens (including phenoxy) is 2. The van der Waals surface area contributed by atoms with Crippen LogP contribution in [0.25, 0.3) is 21.8 Å². The summed E-state index contributed by atoms with van der Waals surface area (Å²) in [5.74, 6) is -0.144. The van der Waals surface area contributed by atoms with Crippen LogP contribution in [0.1, 0.15) is 6.42 Å². The summed E-state index contributed by atoms with van der Waals surface area (Å²) in [6, 6.07) is 12.5. The van der Waals surface area contributed by atoms with Crippen molar-refractivity contribution in [3.05, 3.63) is 75.5 Å². The van der Waals surface area contributed by atoms with Gasteiger partial charge in [-0.25, -0.2) is 4.98 Å². The first-order valence-electron chi connectivity index (χ1n) is 10.7. The fraction of sp³-hybridized carbons (Fsp3) is 0.217. The molecule has 1 unspecified atom stereocenters. The molecule has 0 aliphatic heterocycles. The predicted octanol–water partition coefficient (Wildman–Crippen LogP) is 5.96. The Balaban J connectivity index is 1.29. The molecule has 0 aliphatic rings. The van der Waals surface area contributed by atoms with Crippen LogP contribution >= 0.6 is 22.9 Å². The normalized spacial score (nSPS) is 12.4. The highest BCUT2D eigenvalue weighted by molar-refractivity contribution is 7.13. The van der Waals surface area contributed by atoms with Crippen molar-refractivity contribution in [2.75, 3.05) is 6.61 Å². The Kier molecular flexibility index (Phi) is 7.95. The topological polar surface area (TPSA) is 113 Å². The minimum atomic E-state index is -4.75. The average molecular weight is 555 g/mol. The Morgan fingerprint density at radius 3 is 2.35 bits per heavy atom. The van der Waals surface area contributed by atoms with E-state index in [4.69, 9.17) is 16.3 Å². The van der Waals surface area contributed by atoms with E-state index in [0.29, 0.717) is 22.0 Å². The molecule has 0 amide bonds. The van der Waals surface area contributed by atoms with E-state index in [-0.39, 0.29) is 36.4 Å².